The molecule has 0 aliphatic carbocycles. The molecule has 4 nitrogen and oxygen atoms in total. The van der Waals surface area contributed by atoms with Crippen LogP contribution in [0.3, 0.4) is 0 Å². The van der Waals surface area contributed by atoms with Crippen molar-refractivity contribution in [2.75, 3.05) is 14.2 Å². The summed E-state index contributed by atoms with van der Waals surface area (Å²) in [6.07, 6.45) is 6.97. The van der Waals surface area contributed by atoms with Crippen molar-refractivity contribution in [1.82, 2.24) is 0 Å². The van der Waals surface area contributed by atoms with Gasteiger partial charge in [0.1, 0.15) is 23.0 Å². The molecule has 2 aromatic carbocycles. The highest BCUT2D eigenvalue weighted by Crippen LogP contribution is 2.54. The van der Waals surface area contributed by atoms with Crippen LogP contribution >= 0.6 is 34.0 Å². The third-order valence-corrected chi connectivity index (χ3v) is 12.7. The smallest absolute Gasteiger partial charge is 0.132 e. The lowest BCUT2D eigenvalue weighted by Crippen LogP contribution is -2.06. The number of unbranched alkanes of at least 4 members (excludes halogenated alkanes) is 2. The van der Waals surface area contributed by atoms with E-state index in [-0.39, 0.29) is 12.2 Å². The molecule has 0 aliphatic heterocycles. The van der Waals surface area contributed by atoms with Crippen molar-refractivity contribution in [2.24, 2.45) is 0 Å². The Morgan fingerprint density at radius 2 is 0.939 bits per heavy atom. The Labute approximate surface area is 306 Å². The Morgan fingerprint density at radius 1 is 0.551 bits per heavy atom. The minimum absolute atomic E-state index is 0.0656. The lowest BCUT2D eigenvalue weighted by molar-refractivity contribution is 0.242. The normalized spacial score (nSPS) is 11.5. The molecular weight excluding hydrogens is 665 g/mol. The quantitative estimate of drug-likeness (QED) is 0.102. The number of hydrogen-bond donors (Lipinski definition) is 0. The van der Waals surface area contributed by atoms with Crippen molar-refractivity contribution >= 4 is 34.0 Å². The van der Waals surface area contributed by atoms with E-state index < -0.39 is 0 Å². The van der Waals surface area contributed by atoms with Crippen molar-refractivity contribution in [3.63, 3.8) is 0 Å². The molecule has 49 heavy (non-hydrogen) atoms. The first-order valence-corrected chi connectivity index (χ1v) is 20.1. The van der Waals surface area contributed by atoms with Gasteiger partial charge in [0.05, 0.1) is 37.6 Å². The summed E-state index contributed by atoms with van der Waals surface area (Å²) < 4.78 is 24.4. The molecule has 0 bridgehead atoms. The molecule has 3 aromatic heterocycles. The number of rotatable bonds is 16. The zero-order chi connectivity index (χ0) is 35.2. The Hall–Kier alpha value is -3.26. The standard InChI is InChI=1S/C42H52O4S3/c1-11-13-17-29-30(18-14-12-2)42(40-28(8)24-36(48-40)38-32(44-10)20-16-22-34(38)46-26(5)6)49-41(29)39-27(7)23-35(47-39)37-31(43-9)19-15-21-33(37)45-25(3)4/h15-16,19-26H,11-14,17-18H2,1-10H3. The molecule has 262 valence electrons. The number of ether oxygens (including phenoxy) is 4. The van der Waals surface area contributed by atoms with Gasteiger partial charge in [-0.1, -0.05) is 38.8 Å². The van der Waals surface area contributed by atoms with E-state index in [4.69, 9.17) is 18.9 Å². The molecule has 0 N–H and O–H groups in total. The summed E-state index contributed by atoms with van der Waals surface area (Å²) in [5, 5.41) is 0. The molecule has 0 saturated carbocycles. The number of benzene rings is 2. The van der Waals surface area contributed by atoms with E-state index in [9.17, 15) is 0 Å². The molecular formula is C42H52O4S3. The summed E-state index contributed by atoms with van der Waals surface area (Å²) in [6.45, 7) is 17.4. The zero-order valence-electron chi connectivity index (χ0n) is 30.9. The molecule has 5 rings (SSSR count). The molecule has 0 aliphatic rings. The minimum Gasteiger partial charge on any atom is -0.496 e. The monoisotopic (exact) mass is 716 g/mol. The average Bonchev–Trinajstić information content (AvgIpc) is 3.75. The maximum Gasteiger partial charge on any atom is 0.132 e. The molecule has 0 saturated heterocycles. The predicted molar refractivity (Wildman–Crippen MR) is 213 cm³/mol. The summed E-state index contributed by atoms with van der Waals surface area (Å²) in [4.78, 5) is 7.89. The maximum absolute atomic E-state index is 6.31. The fourth-order valence-electron chi connectivity index (χ4n) is 6.32. The number of methoxy groups -OCH3 is 2. The second-order valence-electron chi connectivity index (χ2n) is 13.2. The van der Waals surface area contributed by atoms with Crippen molar-refractivity contribution in [3.05, 3.63) is 70.8 Å². The number of aryl methyl sites for hydroxylation is 2. The molecule has 0 fully saturated rings. The molecule has 0 unspecified atom stereocenters. The first kappa shape index (κ1) is 37.0. The Morgan fingerprint density at radius 3 is 1.29 bits per heavy atom. The van der Waals surface area contributed by atoms with Crippen LogP contribution in [-0.2, 0) is 12.8 Å². The Bertz CT molecular complexity index is 1720. The second-order valence-corrected chi connectivity index (χ2v) is 16.3. The van der Waals surface area contributed by atoms with Crippen molar-refractivity contribution in [1.29, 1.82) is 0 Å². The molecule has 0 amide bonds. The van der Waals surface area contributed by atoms with Crippen LogP contribution in [0.15, 0.2) is 48.5 Å². The van der Waals surface area contributed by atoms with E-state index in [0.717, 1.165) is 59.8 Å². The van der Waals surface area contributed by atoms with Crippen LogP contribution in [0.2, 0.25) is 0 Å². The Balaban J connectivity index is 1.71. The molecule has 0 spiro atoms. The van der Waals surface area contributed by atoms with Crippen molar-refractivity contribution in [3.8, 4) is 63.4 Å². The summed E-state index contributed by atoms with van der Waals surface area (Å²) >= 11 is 5.71. The van der Waals surface area contributed by atoms with E-state index in [0.29, 0.717) is 0 Å². The van der Waals surface area contributed by atoms with Crippen molar-refractivity contribution in [2.45, 2.75) is 106 Å². The maximum atomic E-state index is 6.31. The average molecular weight is 717 g/mol. The van der Waals surface area contributed by atoms with E-state index >= 15 is 0 Å². The van der Waals surface area contributed by atoms with Crippen molar-refractivity contribution < 1.29 is 18.9 Å². The predicted octanol–water partition coefficient (Wildman–Crippen LogP) is 13.4. The third kappa shape index (κ3) is 8.05. The van der Waals surface area contributed by atoms with Crippen LogP contribution in [0.1, 0.15) is 89.5 Å². The molecule has 0 radical (unpaired) electrons. The summed E-state index contributed by atoms with van der Waals surface area (Å²) in [6, 6.07) is 16.9. The second kappa shape index (κ2) is 16.6. The highest BCUT2D eigenvalue weighted by Gasteiger charge is 2.27. The van der Waals surface area contributed by atoms with Gasteiger partial charge in [-0.15, -0.1) is 34.0 Å². The first-order valence-electron chi connectivity index (χ1n) is 17.7. The van der Waals surface area contributed by atoms with Gasteiger partial charge in [-0.3, -0.25) is 0 Å². The number of hydrogen-bond acceptors (Lipinski definition) is 7. The van der Waals surface area contributed by atoms with Gasteiger partial charge in [0.25, 0.3) is 0 Å². The van der Waals surface area contributed by atoms with Gasteiger partial charge >= 0.3 is 0 Å². The van der Waals surface area contributed by atoms with Crippen LogP contribution in [-0.4, -0.2) is 26.4 Å². The van der Waals surface area contributed by atoms with Gasteiger partial charge in [-0.2, -0.15) is 0 Å². The van der Waals surface area contributed by atoms with E-state index in [1.54, 1.807) is 14.2 Å². The van der Waals surface area contributed by atoms with E-state index in [1.165, 1.54) is 64.4 Å². The van der Waals surface area contributed by atoms with Crippen LogP contribution in [0.5, 0.6) is 23.0 Å². The molecule has 3 heterocycles. The van der Waals surface area contributed by atoms with E-state index in [1.807, 2.05) is 58.3 Å². The largest absolute Gasteiger partial charge is 0.496 e. The topological polar surface area (TPSA) is 36.9 Å². The van der Waals surface area contributed by atoms with Gasteiger partial charge < -0.3 is 18.9 Å². The lowest BCUT2D eigenvalue weighted by Gasteiger charge is -2.16. The number of thiophene rings is 3. The zero-order valence-corrected chi connectivity index (χ0v) is 33.3. The summed E-state index contributed by atoms with van der Waals surface area (Å²) in [5.41, 5.74) is 7.71. The fourth-order valence-corrected chi connectivity index (χ4v) is 10.6. The summed E-state index contributed by atoms with van der Waals surface area (Å²) in [7, 11) is 3.49. The van der Waals surface area contributed by atoms with E-state index in [2.05, 4.69) is 79.7 Å². The highest BCUT2D eigenvalue weighted by molar-refractivity contribution is 7.28. The fraction of sp³-hybridized carbons (Fsp3) is 0.429. The van der Waals surface area contributed by atoms with Crippen LogP contribution in [0.4, 0.5) is 0 Å². The van der Waals surface area contributed by atoms with Gasteiger partial charge in [0, 0.05) is 29.3 Å². The summed E-state index contributed by atoms with van der Waals surface area (Å²) in [5.74, 6) is 3.41. The lowest BCUT2D eigenvalue weighted by atomic mass is 9.96. The van der Waals surface area contributed by atoms with Gasteiger partial charge in [-0.05, 0) is 126 Å². The van der Waals surface area contributed by atoms with Crippen LogP contribution < -0.4 is 18.9 Å². The Kier molecular flexibility index (Phi) is 12.6. The first-order chi connectivity index (χ1) is 23.6. The van der Waals surface area contributed by atoms with Gasteiger partial charge in [0.15, 0.2) is 0 Å². The highest BCUT2D eigenvalue weighted by atomic mass is 32.1. The van der Waals surface area contributed by atoms with Gasteiger partial charge in [-0.25, -0.2) is 0 Å². The minimum atomic E-state index is 0.0656. The van der Waals surface area contributed by atoms with Gasteiger partial charge in [0.2, 0.25) is 0 Å². The molecule has 5 aromatic rings. The van der Waals surface area contributed by atoms with Crippen LogP contribution in [0, 0.1) is 13.8 Å². The van der Waals surface area contributed by atoms with Crippen LogP contribution in [0.25, 0.3) is 40.4 Å². The third-order valence-electron chi connectivity index (χ3n) is 8.56. The molecule has 7 heteroatoms. The SMILES string of the molecule is CCCCc1c(-c2sc(-c3c(OC)cccc3OC(C)C)cc2C)sc(-c2sc(-c3c(OC)cccc3OC(C)C)cc2C)c1CCCC. The molecule has 0 atom stereocenters.